The lowest BCUT2D eigenvalue weighted by molar-refractivity contribution is -0.132. The number of sulfonamides is 1. The van der Waals surface area contributed by atoms with Gasteiger partial charge in [-0.15, -0.1) is 0 Å². The number of hydrogen-bond acceptors (Lipinski definition) is 4. The first kappa shape index (κ1) is 16.9. The molecule has 0 unspecified atom stereocenters. The SMILES string of the molecule is CN1CC(=O)N(CC(=O)N2CCCCC2)c2ccccc2S1(=O)=O. The number of piperidine rings is 1. The van der Waals surface area contributed by atoms with Crippen LogP contribution < -0.4 is 4.90 Å². The van der Waals surface area contributed by atoms with Crippen LogP contribution in [-0.4, -0.2) is 62.7 Å². The lowest BCUT2D eigenvalue weighted by Gasteiger charge is -2.29. The number of anilines is 1. The standard InChI is InChI=1S/C16H21N3O4S/c1-17-11-16(21)19(12-15(20)18-9-5-2-6-10-18)13-7-3-4-8-14(13)24(17,22)23/h3-4,7-8H,2,5-6,9-12H2,1H3. The average molecular weight is 351 g/mol. The maximum atomic E-state index is 12.6. The molecule has 0 aromatic heterocycles. The van der Waals surface area contributed by atoms with Crippen LogP contribution in [0.1, 0.15) is 19.3 Å². The average Bonchev–Trinajstić information content (AvgIpc) is 2.65. The summed E-state index contributed by atoms with van der Waals surface area (Å²) in [5, 5.41) is 0. The fourth-order valence-corrected chi connectivity index (χ4v) is 4.42. The molecule has 2 aliphatic rings. The fraction of sp³-hybridized carbons (Fsp3) is 0.500. The summed E-state index contributed by atoms with van der Waals surface area (Å²) >= 11 is 0. The van der Waals surface area contributed by atoms with Crippen LogP contribution >= 0.6 is 0 Å². The lowest BCUT2D eigenvalue weighted by Crippen LogP contribution is -2.46. The van der Waals surface area contributed by atoms with Crippen molar-refractivity contribution in [1.82, 2.24) is 9.21 Å². The number of benzene rings is 1. The van der Waals surface area contributed by atoms with E-state index < -0.39 is 15.9 Å². The second kappa shape index (κ2) is 6.52. The Morgan fingerprint density at radius 1 is 1.12 bits per heavy atom. The van der Waals surface area contributed by atoms with E-state index in [0.717, 1.165) is 23.6 Å². The number of carbonyl (C=O) groups excluding carboxylic acids is 2. The van der Waals surface area contributed by atoms with Gasteiger partial charge >= 0.3 is 0 Å². The molecule has 1 aromatic rings. The maximum absolute atomic E-state index is 12.6. The highest BCUT2D eigenvalue weighted by Gasteiger charge is 2.35. The van der Waals surface area contributed by atoms with Gasteiger partial charge in [-0.25, -0.2) is 8.42 Å². The van der Waals surface area contributed by atoms with Crippen molar-refractivity contribution in [2.75, 3.05) is 38.1 Å². The van der Waals surface area contributed by atoms with E-state index >= 15 is 0 Å². The molecule has 0 radical (unpaired) electrons. The van der Waals surface area contributed by atoms with E-state index in [1.807, 2.05) is 0 Å². The van der Waals surface area contributed by atoms with Gasteiger partial charge in [0.15, 0.2) is 0 Å². The summed E-state index contributed by atoms with van der Waals surface area (Å²) in [5.41, 5.74) is 0.275. The van der Waals surface area contributed by atoms with Gasteiger partial charge in [0, 0.05) is 20.1 Å². The van der Waals surface area contributed by atoms with Crippen molar-refractivity contribution in [2.24, 2.45) is 0 Å². The van der Waals surface area contributed by atoms with Gasteiger partial charge in [-0.05, 0) is 31.4 Å². The molecule has 0 saturated carbocycles. The number of carbonyl (C=O) groups is 2. The van der Waals surface area contributed by atoms with Crippen molar-refractivity contribution >= 4 is 27.5 Å². The number of likely N-dealkylation sites (tertiary alicyclic amines) is 1. The van der Waals surface area contributed by atoms with Gasteiger partial charge in [0.05, 0.1) is 12.2 Å². The molecular weight excluding hydrogens is 330 g/mol. The Morgan fingerprint density at radius 3 is 2.50 bits per heavy atom. The van der Waals surface area contributed by atoms with E-state index in [4.69, 9.17) is 0 Å². The molecule has 0 N–H and O–H groups in total. The smallest absolute Gasteiger partial charge is 0.245 e. The molecule has 2 heterocycles. The van der Waals surface area contributed by atoms with Crippen LogP contribution in [0.2, 0.25) is 0 Å². The Balaban J connectivity index is 1.94. The van der Waals surface area contributed by atoms with Crippen LogP contribution in [0.25, 0.3) is 0 Å². The summed E-state index contributed by atoms with van der Waals surface area (Å²) in [6.45, 7) is 0.991. The van der Waals surface area contributed by atoms with Crippen LogP contribution in [0.15, 0.2) is 29.2 Å². The third kappa shape index (κ3) is 3.03. The van der Waals surface area contributed by atoms with Crippen molar-refractivity contribution < 1.29 is 18.0 Å². The van der Waals surface area contributed by atoms with Crippen LogP contribution in [-0.2, 0) is 19.6 Å². The van der Waals surface area contributed by atoms with Crippen molar-refractivity contribution in [3.63, 3.8) is 0 Å². The fourth-order valence-electron chi connectivity index (χ4n) is 3.11. The van der Waals surface area contributed by atoms with E-state index in [-0.39, 0.29) is 29.6 Å². The quantitative estimate of drug-likeness (QED) is 0.784. The van der Waals surface area contributed by atoms with Gasteiger partial charge in [0.25, 0.3) is 0 Å². The Morgan fingerprint density at radius 2 is 1.79 bits per heavy atom. The predicted molar refractivity (Wildman–Crippen MR) is 89.0 cm³/mol. The highest BCUT2D eigenvalue weighted by molar-refractivity contribution is 7.89. The number of hydrogen-bond donors (Lipinski definition) is 0. The van der Waals surface area contributed by atoms with E-state index in [9.17, 15) is 18.0 Å². The largest absolute Gasteiger partial charge is 0.341 e. The predicted octanol–water partition coefficient (Wildman–Crippen LogP) is 0.666. The molecule has 24 heavy (non-hydrogen) atoms. The number of nitrogens with zero attached hydrogens (tertiary/aromatic N) is 3. The highest BCUT2D eigenvalue weighted by atomic mass is 32.2. The van der Waals surface area contributed by atoms with Gasteiger partial charge < -0.3 is 9.80 Å². The molecular formula is C16H21N3O4S. The molecule has 0 aliphatic carbocycles. The zero-order valence-electron chi connectivity index (χ0n) is 13.6. The van der Waals surface area contributed by atoms with E-state index in [0.29, 0.717) is 13.1 Å². The van der Waals surface area contributed by atoms with Crippen LogP contribution in [0.4, 0.5) is 5.69 Å². The van der Waals surface area contributed by atoms with Crippen molar-refractivity contribution in [3.05, 3.63) is 24.3 Å². The summed E-state index contributed by atoms with van der Waals surface area (Å²) in [6, 6.07) is 6.33. The van der Waals surface area contributed by atoms with Crippen LogP contribution in [0, 0.1) is 0 Å². The molecule has 3 rings (SSSR count). The maximum Gasteiger partial charge on any atom is 0.245 e. The van der Waals surface area contributed by atoms with Crippen LogP contribution in [0.3, 0.4) is 0 Å². The minimum atomic E-state index is -3.74. The normalized spacial score (nSPS) is 21.3. The number of fused-ring (bicyclic) bond motifs is 1. The Bertz CT molecular complexity index is 756. The summed E-state index contributed by atoms with van der Waals surface area (Å²) in [6.07, 6.45) is 3.04. The molecule has 2 aliphatic heterocycles. The first-order valence-electron chi connectivity index (χ1n) is 8.05. The number of para-hydroxylation sites is 1. The molecule has 7 nitrogen and oxygen atoms in total. The second-order valence-electron chi connectivity index (χ2n) is 6.15. The molecule has 1 saturated heterocycles. The number of amides is 2. The van der Waals surface area contributed by atoms with Crippen molar-refractivity contribution in [3.8, 4) is 0 Å². The molecule has 130 valence electrons. The highest BCUT2D eigenvalue weighted by Crippen LogP contribution is 2.30. The van der Waals surface area contributed by atoms with Crippen molar-refractivity contribution in [1.29, 1.82) is 0 Å². The van der Waals surface area contributed by atoms with Gasteiger partial charge in [-0.2, -0.15) is 4.31 Å². The molecule has 1 fully saturated rings. The van der Waals surface area contributed by atoms with E-state index in [1.54, 1.807) is 23.1 Å². The van der Waals surface area contributed by atoms with Crippen molar-refractivity contribution in [2.45, 2.75) is 24.2 Å². The first-order chi connectivity index (χ1) is 11.4. The third-order valence-corrected chi connectivity index (χ3v) is 6.36. The Kier molecular flexibility index (Phi) is 4.60. The van der Waals surface area contributed by atoms with Crippen LogP contribution in [0.5, 0.6) is 0 Å². The van der Waals surface area contributed by atoms with E-state index in [1.165, 1.54) is 18.0 Å². The zero-order chi connectivity index (χ0) is 17.3. The lowest BCUT2D eigenvalue weighted by atomic mass is 10.1. The molecule has 0 bridgehead atoms. The van der Waals surface area contributed by atoms with Gasteiger partial charge in [0.2, 0.25) is 21.8 Å². The number of likely N-dealkylation sites (N-methyl/N-ethyl adjacent to an activating group) is 1. The summed E-state index contributed by atoms with van der Waals surface area (Å²) in [4.78, 5) is 28.2. The summed E-state index contributed by atoms with van der Waals surface area (Å²) < 4.78 is 26.1. The first-order valence-corrected chi connectivity index (χ1v) is 9.49. The zero-order valence-corrected chi connectivity index (χ0v) is 14.5. The number of rotatable bonds is 2. The molecule has 8 heteroatoms. The minimum absolute atomic E-state index is 0.0600. The minimum Gasteiger partial charge on any atom is -0.341 e. The topological polar surface area (TPSA) is 78.0 Å². The third-order valence-electron chi connectivity index (χ3n) is 4.51. The molecule has 2 amide bonds. The molecule has 0 atom stereocenters. The second-order valence-corrected chi connectivity index (χ2v) is 8.16. The molecule has 1 aromatic carbocycles. The monoisotopic (exact) mass is 351 g/mol. The van der Waals surface area contributed by atoms with E-state index in [2.05, 4.69) is 0 Å². The Labute approximate surface area is 141 Å². The Hall–Kier alpha value is -1.93. The van der Waals surface area contributed by atoms with Gasteiger partial charge in [-0.1, -0.05) is 12.1 Å². The summed E-state index contributed by atoms with van der Waals surface area (Å²) in [7, 11) is -2.36. The molecule has 0 spiro atoms. The van der Waals surface area contributed by atoms with Gasteiger partial charge in [0.1, 0.15) is 11.4 Å². The van der Waals surface area contributed by atoms with Gasteiger partial charge in [-0.3, -0.25) is 9.59 Å². The summed E-state index contributed by atoms with van der Waals surface area (Å²) in [5.74, 6) is -0.531.